The molecule has 2 heterocycles. The highest BCUT2D eigenvalue weighted by atomic mass is 16.1. The van der Waals surface area contributed by atoms with Crippen molar-refractivity contribution in [2.75, 3.05) is 0 Å². The molecule has 1 aliphatic rings. The molecule has 92 valence electrons. The zero-order chi connectivity index (χ0) is 12.5. The summed E-state index contributed by atoms with van der Waals surface area (Å²) in [6.07, 6.45) is 0.671. The number of fused-ring (bicyclic) bond motifs is 1. The average molecular weight is 241 g/mol. The molecule has 0 saturated heterocycles. The predicted octanol–water partition coefficient (Wildman–Crippen LogP) is 1.27. The van der Waals surface area contributed by atoms with Gasteiger partial charge in [-0.25, -0.2) is 4.98 Å². The Balaban J connectivity index is 1.94. The van der Waals surface area contributed by atoms with E-state index in [1.165, 1.54) is 11.1 Å². The lowest BCUT2D eigenvalue weighted by Crippen LogP contribution is -2.17. The lowest BCUT2D eigenvalue weighted by atomic mass is 10.1. The molecule has 3 rings (SSSR count). The summed E-state index contributed by atoms with van der Waals surface area (Å²) in [4.78, 5) is 19.2. The standard InChI is InChI=1S/C14H15N3O/c1-9-3-2-4-10(5-9)6-13-16-12-8-15-7-11(12)14(18)17-13/h2-5,15H,6-8H2,1H3,(H,16,17,18). The van der Waals surface area contributed by atoms with Crippen LogP contribution in [0.15, 0.2) is 29.1 Å². The Morgan fingerprint density at radius 1 is 1.33 bits per heavy atom. The van der Waals surface area contributed by atoms with Gasteiger partial charge in [-0.1, -0.05) is 29.8 Å². The van der Waals surface area contributed by atoms with Crippen LogP contribution < -0.4 is 10.9 Å². The first-order chi connectivity index (χ1) is 8.72. The quantitative estimate of drug-likeness (QED) is 0.832. The van der Waals surface area contributed by atoms with E-state index in [9.17, 15) is 4.79 Å². The van der Waals surface area contributed by atoms with Gasteiger partial charge < -0.3 is 10.3 Å². The molecule has 0 saturated carbocycles. The molecule has 0 aliphatic carbocycles. The van der Waals surface area contributed by atoms with E-state index in [-0.39, 0.29) is 5.56 Å². The second-order valence-electron chi connectivity index (χ2n) is 4.71. The summed E-state index contributed by atoms with van der Waals surface area (Å²) < 4.78 is 0. The highest BCUT2D eigenvalue weighted by Crippen LogP contribution is 2.11. The molecule has 0 fully saturated rings. The smallest absolute Gasteiger partial charge is 0.255 e. The van der Waals surface area contributed by atoms with Crippen molar-refractivity contribution < 1.29 is 0 Å². The molecule has 1 aromatic heterocycles. The van der Waals surface area contributed by atoms with Crippen molar-refractivity contribution in [2.45, 2.75) is 26.4 Å². The fourth-order valence-corrected chi connectivity index (χ4v) is 2.33. The maximum Gasteiger partial charge on any atom is 0.255 e. The van der Waals surface area contributed by atoms with E-state index >= 15 is 0 Å². The summed E-state index contributed by atoms with van der Waals surface area (Å²) in [6, 6.07) is 8.26. The number of aromatic amines is 1. The van der Waals surface area contributed by atoms with Crippen LogP contribution in [-0.2, 0) is 19.5 Å². The zero-order valence-electron chi connectivity index (χ0n) is 10.3. The van der Waals surface area contributed by atoms with Gasteiger partial charge in [-0.05, 0) is 12.5 Å². The molecule has 1 aromatic carbocycles. The third kappa shape index (κ3) is 2.07. The van der Waals surface area contributed by atoms with Gasteiger partial charge in [-0.2, -0.15) is 0 Å². The van der Waals surface area contributed by atoms with Crippen molar-refractivity contribution in [3.05, 3.63) is 62.8 Å². The van der Waals surface area contributed by atoms with Gasteiger partial charge in [0.1, 0.15) is 5.82 Å². The van der Waals surface area contributed by atoms with Crippen molar-refractivity contribution in [3.63, 3.8) is 0 Å². The Morgan fingerprint density at radius 2 is 2.22 bits per heavy atom. The predicted molar refractivity (Wildman–Crippen MR) is 69.4 cm³/mol. The van der Waals surface area contributed by atoms with Crippen LogP contribution in [0.5, 0.6) is 0 Å². The minimum atomic E-state index is -0.00680. The molecule has 0 spiro atoms. The minimum absolute atomic E-state index is 0.00680. The van der Waals surface area contributed by atoms with Crippen molar-refractivity contribution in [1.29, 1.82) is 0 Å². The fourth-order valence-electron chi connectivity index (χ4n) is 2.33. The number of aromatic nitrogens is 2. The van der Waals surface area contributed by atoms with Crippen LogP contribution in [0.2, 0.25) is 0 Å². The Labute approximate surface area is 105 Å². The summed E-state index contributed by atoms with van der Waals surface area (Å²) in [5.74, 6) is 0.744. The van der Waals surface area contributed by atoms with Crippen LogP contribution in [0.1, 0.15) is 28.2 Å². The monoisotopic (exact) mass is 241 g/mol. The fraction of sp³-hybridized carbons (Fsp3) is 0.286. The van der Waals surface area contributed by atoms with Crippen LogP contribution in [-0.4, -0.2) is 9.97 Å². The van der Waals surface area contributed by atoms with Crippen LogP contribution in [0.4, 0.5) is 0 Å². The number of nitrogens with zero attached hydrogens (tertiary/aromatic N) is 1. The van der Waals surface area contributed by atoms with Crippen molar-refractivity contribution >= 4 is 0 Å². The van der Waals surface area contributed by atoms with Gasteiger partial charge in [0.15, 0.2) is 0 Å². The van der Waals surface area contributed by atoms with Gasteiger partial charge in [-0.3, -0.25) is 4.79 Å². The number of nitrogens with one attached hydrogen (secondary N) is 2. The van der Waals surface area contributed by atoms with Crippen LogP contribution in [0.3, 0.4) is 0 Å². The first kappa shape index (κ1) is 11.2. The maximum absolute atomic E-state index is 11.9. The van der Waals surface area contributed by atoms with E-state index in [0.717, 1.165) is 17.1 Å². The number of H-pyrrole nitrogens is 1. The van der Waals surface area contributed by atoms with E-state index in [1.54, 1.807) is 0 Å². The first-order valence-corrected chi connectivity index (χ1v) is 6.09. The normalized spacial score (nSPS) is 13.6. The van der Waals surface area contributed by atoms with E-state index in [4.69, 9.17) is 0 Å². The summed E-state index contributed by atoms with van der Waals surface area (Å²) >= 11 is 0. The number of aryl methyl sites for hydroxylation is 1. The second kappa shape index (κ2) is 4.38. The third-order valence-corrected chi connectivity index (χ3v) is 3.20. The van der Waals surface area contributed by atoms with Crippen molar-refractivity contribution in [1.82, 2.24) is 15.3 Å². The molecule has 1 aliphatic heterocycles. The Morgan fingerprint density at radius 3 is 3.06 bits per heavy atom. The van der Waals surface area contributed by atoms with Crippen molar-refractivity contribution in [3.8, 4) is 0 Å². The molecule has 2 N–H and O–H groups in total. The Hall–Kier alpha value is -1.94. The maximum atomic E-state index is 11.9. The lowest BCUT2D eigenvalue weighted by Gasteiger charge is -2.04. The summed E-state index contributed by atoms with van der Waals surface area (Å²) in [5, 5.41) is 3.15. The van der Waals surface area contributed by atoms with Gasteiger partial charge in [0.2, 0.25) is 0 Å². The summed E-state index contributed by atoms with van der Waals surface area (Å²) in [6.45, 7) is 3.38. The topological polar surface area (TPSA) is 57.8 Å². The molecular formula is C14H15N3O. The molecule has 0 atom stereocenters. The number of hydrogen-bond donors (Lipinski definition) is 2. The summed E-state index contributed by atoms with van der Waals surface area (Å²) in [5.41, 5.74) is 4.05. The molecule has 2 aromatic rings. The molecule has 4 nitrogen and oxygen atoms in total. The number of benzene rings is 1. The SMILES string of the molecule is Cc1cccc(Cc2nc3c(c(=O)[nH]2)CNC3)c1. The molecule has 0 radical (unpaired) electrons. The van der Waals surface area contributed by atoms with Gasteiger partial charge in [-0.15, -0.1) is 0 Å². The summed E-state index contributed by atoms with van der Waals surface area (Å²) in [7, 11) is 0. The van der Waals surface area contributed by atoms with Crippen LogP contribution >= 0.6 is 0 Å². The van der Waals surface area contributed by atoms with Crippen molar-refractivity contribution in [2.24, 2.45) is 0 Å². The molecule has 0 amide bonds. The average Bonchev–Trinajstić information content (AvgIpc) is 2.77. The molecular weight excluding hydrogens is 226 g/mol. The molecule has 0 bridgehead atoms. The largest absolute Gasteiger partial charge is 0.310 e. The number of rotatable bonds is 2. The highest BCUT2D eigenvalue weighted by Gasteiger charge is 2.16. The highest BCUT2D eigenvalue weighted by molar-refractivity contribution is 5.27. The van der Waals surface area contributed by atoms with E-state index in [2.05, 4.69) is 40.4 Å². The van der Waals surface area contributed by atoms with Crippen LogP contribution in [0.25, 0.3) is 0 Å². The van der Waals surface area contributed by atoms with Crippen LogP contribution in [0, 0.1) is 6.92 Å². The van der Waals surface area contributed by atoms with Gasteiger partial charge in [0.25, 0.3) is 5.56 Å². The van der Waals surface area contributed by atoms with Gasteiger partial charge >= 0.3 is 0 Å². The second-order valence-corrected chi connectivity index (χ2v) is 4.71. The Bertz CT molecular complexity index is 646. The van der Waals surface area contributed by atoms with Gasteiger partial charge in [0, 0.05) is 19.5 Å². The minimum Gasteiger partial charge on any atom is -0.310 e. The first-order valence-electron chi connectivity index (χ1n) is 6.09. The molecule has 18 heavy (non-hydrogen) atoms. The lowest BCUT2D eigenvalue weighted by molar-refractivity contribution is 0.755. The Kier molecular flexibility index (Phi) is 2.72. The van der Waals surface area contributed by atoms with E-state index in [1.807, 2.05) is 6.07 Å². The van der Waals surface area contributed by atoms with E-state index < -0.39 is 0 Å². The molecule has 0 unspecified atom stereocenters. The third-order valence-electron chi connectivity index (χ3n) is 3.20. The molecule has 4 heteroatoms. The zero-order valence-corrected chi connectivity index (χ0v) is 10.3. The van der Waals surface area contributed by atoms with E-state index in [0.29, 0.717) is 19.5 Å². The van der Waals surface area contributed by atoms with Gasteiger partial charge in [0.05, 0.1) is 11.3 Å². The number of hydrogen-bond acceptors (Lipinski definition) is 3.